The third kappa shape index (κ3) is 4.27. The number of fused-ring (bicyclic) bond motifs is 3. The Morgan fingerprint density at radius 1 is 1.14 bits per heavy atom. The number of carbonyl (C=O) groups excluding carboxylic acids is 1. The Morgan fingerprint density at radius 2 is 1.97 bits per heavy atom. The molecule has 3 aliphatic rings. The Kier molecular flexibility index (Phi) is 5.56. The summed E-state index contributed by atoms with van der Waals surface area (Å²) in [6, 6.07) is 12.0. The zero-order chi connectivity index (χ0) is 25.9. The first-order valence-electron chi connectivity index (χ1n) is 12.9. The number of anilines is 4. The van der Waals surface area contributed by atoms with Gasteiger partial charge >= 0.3 is 0 Å². The first kappa shape index (κ1) is 23.7. The lowest BCUT2D eigenvalue weighted by Gasteiger charge is -2.38. The Bertz CT molecular complexity index is 1370. The number of aromatic nitrogens is 3. The molecule has 0 saturated carbocycles. The van der Waals surface area contributed by atoms with E-state index in [4.69, 9.17) is 9.72 Å². The molecule has 9 heteroatoms. The maximum atomic E-state index is 12.1. The van der Waals surface area contributed by atoms with Gasteiger partial charge in [0.25, 0.3) is 5.91 Å². The lowest BCUT2D eigenvalue weighted by atomic mass is 10.1. The predicted octanol–water partition coefficient (Wildman–Crippen LogP) is 4.37. The fraction of sp³-hybridized carbons (Fsp3) is 0.429. The first-order valence-corrected chi connectivity index (χ1v) is 12.9. The lowest BCUT2D eigenvalue weighted by molar-refractivity contribution is -0.129. The van der Waals surface area contributed by atoms with E-state index >= 15 is 0 Å². The summed E-state index contributed by atoms with van der Waals surface area (Å²) in [5, 5.41) is 6.14. The minimum absolute atomic E-state index is 0.218. The van der Waals surface area contributed by atoms with E-state index in [0.29, 0.717) is 41.3 Å². The Morgan fingerprint density at radius 3 is 2.70 bits per heavy atom. The molecule has 1 amide bonds. The Labute approximate surface area is 217 Å². The van der Waals surface area contributed by atoms with Crippen molar-refractivity contribution in [2.24, 2.45) is 0 Å². The predicted molar refractivity (Wildman–Crippen MR) is 144 cm³/mol. The summed E-state index contributed by atoms with van der Waals surface area (Å²) in [4.78, 5) is 30.8. The summed E-state index contributed by atoms with van der Waals surface area (Å²) >= 11 is 0. The van der Waals surface area contributed by atoms with Crippen molar-refractivity contribution >= 4 is 29.0 Å². The number of benzene rings is 1. The fourth-order valence-electron chi connectivity index (χ4n) is 5.73. The summed E-state index contributed by atoms with van der Waals surface area (Å²) in [6.07, 6.45) is 4.65. The van der Waals surface area contributed by atoms with Crippen LogP contribution in [0.15, 0.2) is 42.7 Å². The van der Waals surface area contributed by atoms with Crippen LogP contribution in [-0.4, -0.2) is 62.6 Å². The number of amides is 1. The van der Waals surface area contributed by atoms with Gasteiger partial charge in [-0.15, -0.1) is 0 Å². The van der Waals surface area contributed by atoms with Gasteiger partial charge in [-0.3, -0.25) is 9.69 Å². The van der Waals surface area contributed by atoms with E-state index in [1.54, 1.807) is 26.2 Å². The molecule has 9 nitrogen and oxygen atoms in total. The van der Waals surface area contributed by atoms with Crippen LogP contribution in [-0.2, 0) is 4.79 Å². The SMILES string of the molecule is Cc1cc(Nc2nccc(-c3cnc4c(c3)OC(C)(C)C(=O)N4)n2)ccc1N1C[C@@H]2C[C@H]1CN2C(C)C. The number of likely N-dealkylation sites (tertiary alicyclic amines) is 1. The summed E-state index contributed by atoms with van der Waals surface area (Å²) in [5.74, 6) is 1.22. The van der Waals surface area contributed by atoms with Gasteiger partial charge in [-0.05, 0) is 76.9 Å². The molecule has 192 valence electrons. The second-order valence-electron chi connectivity index (χ2n) is 11.0. The van der Waals surface area contributed by atoms with Gasteiger partial charge in [0.2, 0.25) is 5.95 Å². The summed E-state index contributed by atoms with van der Waals surface area (Å²) in [6.45, 7) is 12.5. The molecule has 2 atom stereocenters. The van der Waals surface area contributed by atoms with E-state index in [2.05, 4.69) is 69.4 Å². The molecule has 3 aliphatic heterocycles. The Balaban J connectivity index is 1.19. The third-order valence-corrected chi connectivity index (χ3v) is 7.66. The van der Waals surface area contributed by atoms with Gasteiger partial charge in [0.05, 0.1) is 5.69 Å². The number of aryl methyl sites for hydroxylation is 1. The molecule has 0 spiro atoms. The van der Waals surface area contributed by atoms with Gasteiger partial charge in [-0.1, -0.05) is 0 Å². The summed E-state index contributed by atoms with van der Waals surface area (Å²) in [5.41, 5.74) is 4.03. The summed E-state index contributed by atoms with van der Waals surface area (Å²) < 4.78 is 5.88. The number of hydrogen-bond acceptors (Lipinski definition) is 8. The number of rotatable bonds is 5. The zero-order valence-corrected chi connectivity index (χ0v) is 21.9. The van der Waals surface area contributed by atoms with E-state index in [1.165, 1.54) is 17.7 Å². The molecule has 2 aromatic heterocycles. The second kappa shape index (κ2) is 8.69. The minimum atomic E-state index is -0.960. The molecule has 0 aliphatic carbocycles. The lowest BCUT2D eigenvalue weighted by Crippen LogP contribution is -2.49. The van der Waals surface area contributed by atoms with Crippen LogP contribution < -0.4 is 20.3 Å². The highest BCUT2D eigenvalue weighted by atomic mass is 16.5. The van der Waals surface area contributed by atoms with E-state index in [-0.39, 0.29) is 5.91 Å². The van der Waals surface area contributed by atoms with Crippen molar-refractivity contribution in [2.45, 2.75) is 64.8 Å². The molecule has 2 saturated heterocycles. The molecule has 3 aromatic rings. The standard InChI is InChI=1S/C28H33N7O2/c1-16(2)34-14-21-12-20(34)15-35(21)23-7-6-19(10-17(23)3)31-27-29-9-8-22(32-27)18-11-24-25(30-13-18)33-26(36)28(4,5)37-24/h6-11,13,16,20-21H,12,14-15H2,1-5H3,(H,29,31,32)(H,30,33,36)/t20-,21-/m0/s1. The smallest absolute Gasteiger partial charge is 0.269 e. The summed E-state index contributed by atoms with van der Waals surface area (Å²) in [7, 11) is 0. The van der Waals surface area contributed by atoms with Gasteiger partial charge in [-0.2, -0.15) is 0 Å². The number of hydrogen-bond donors (Lipinski definition) is 2. The van der Waals surface area contributed by atoms with E-state index in [1.807, 2.05) is 12.1 Å². The highest BCUT2D eigenvalue weighted by molar-refractivity contribution is 5.99. The average molecular weight is 500 g/mol. The van der Waals surface area contributed by atoms with Gasteiger partial charge < -0.3 is 20.3 Å². The van der Waals surface area contributed by atoms with E-state index in [0.717, 1.165) is 24.3 Å². The van der Waals surface area contributed by atoms with Crippen LogP contribution in [0.3, 0.4) is 0 Å². The maximum Gasteiger partial charge on any atom is 0.269 e. The van der Waals surface area contributed by atoms with Gasteiger partial charge in [0.15, 0.2) is 17.2 Å². The van der Waals surface area contributed by atoms with Crippen molar-refractivity contribution < 1.29 is 9.53 Å². The molecule has 1 aromatic carbocycles. The molecule has 6 rings (SSSR count). The second-order valence-corrected chi connectivity index (χ2v) is 11.0. The normalized spacial score (nSPS) is 22.1. The van der Waals surface area contributed by atoms with E-state index < -0.39 is 5.60 Å². The van der Waals surface area contributed by atoms with Crippen molar-refractivity contribution in [1.29, 1.82) is 0 Å². The minimum Gasteiger partial charge on any atom is -0.474 e. The quantitative estimate of drug-likeness (QED) is 0.534. The largest absolute Gasteiger partial charge is 0.474 e. The van der Waals surface area contributed by atoms with Crippen LogP contribution in [0.5, 0.6) is 5.75 Å². The van der Waals surface area contributed by atoms with Crippen molar-refractivity contribution in [1.82, 2.24) is 19.9 Å². The van der Waals surface area contributed by atoms with Crippen LogP contribution in [0.2, 0.25) is 0 Å². The molecule has 5 heterocycles. The molecule has 2 N–H and O–H groups in total. The van der Waals surface area contributed by atoms with Crippen LogP contribution in [0, 0.1) is 6.92 Å². The van der Waals surface area contributed by atoms with Crippen LogP contribution in [0.1, 0.15) is 39.7 Å². The van der Waals surface area contributed by atoms with Crippen LogP contribution >= 0.6 is 0 Å². The molecule has 2 fully saturated rings. The molecule has 2 bridgehead atoms. The molecular formula is C28H33N7O2. The molecule has 0 radical (unpaired) electrons. The van der Waals surface area contributed by atoms with Crippen LogP contribution in [0.25, 0.3) is 11.3 Å². The number of carbonyl (C=O) groups is 1. The third-order valence-electron chi connectivity index (χ3n) is 7.66. The molecule has 37 heavy (non-hydrogen) atoms. The van der Waals surface area contributed by atoms with Gasteiger partial charge in [-0.25, -0.2) is 15.0 Å². The van der Waals surface area contributed by atoms with Gasteiger partial charge in [0, 0.05) is 60.5 Å². The number of nitrogens with zero attached hydrogens (tertiary/aromatic N) is 5. The highest BCUT2D eigenvalue weighted by Crippen LogP contribution is 2.38. The highest BCUT2D eigenvalue weighted by Gasteiger charge is 2.44. The fourth-order valence-corrected chi connectivity index (χ4v) is 5.73. The zero-order valence-electron chi connectivity index (χ0n) is 21.9. The Hall–Kier alpha value is -3.72. The molecule has 0 unspecified atom stereocenters. The topological polar surface area (TPSA) is 95.5 Å². The van der Waals surface area contributed by atoms with Crippen LogP contribution in [0.4, 0.5) is 23.1 Å². The van der Waals surface area contributed by atoms with Crippen molar-refractivity contribution in [2.75, 3.05) is 28.6 Å². The number of ether oxygens (including phenoxy) is 1. The monoisotopic (exact) mass is 499 g/mol. The number of nitrogens with one attached hydrogen (secondary N) is 2. The number of pyridine rings is 1. The average Bonchev–Trinajstić information content (AvgIpc) is 3.46. The number of piperazine rings is 1. The van der Waals surface area contributed by atoms with Crippen molar-refractivity contribution in [3.8, 4) is 17.0 Å². The van der Waals surface area contributed by atoms with Crippen molar-refractivity contribution in [3.63, 3.8) is 0 Å². The molecular weight excluding hydrogens is 466 g/mol. The first-order chi connectivity index (χ1) is 17.7. The van der Waals surface area contributed by atoms with Crippen molar-refractivity contribution in [3.05, 3.63) is 48.3 Å². The van der Waals surface area contributed by atoms with E-state index in [9.17, 15) is 4.79 Å². The maximum absolute atomic E-state index is 12.1. The van der Waals surface area contributed by atoms with Gasteiger partial charge in [0.1, 0.15) is 0 Å².